The Morgan fingerprint density at radius 1 is 1.67 bits per heavy atom. The molecule has 2 N–H and O–H groups in total. The van der Waals surface area contributed by atoms with Crippen molar-refractivity contribution in [2.75, 3.05) is 18.9 Å². The van der Waals surface area contributed by atoms with E-state index in [1.54, 1.807) is 0 Å². The van der Waals surface area contributed by atoms with E-state index in [4.69, 9.17) is 5.11 Å². The van der Waals surface area contributed by atoms with Crippen LogP contribution in [-0.4, -0.2) is 30.1 Å². The van der Waals surface area contributed by atoms with E-state index >= 15 is 0 Å². The van der Waals surface area contributed by atoms with E-state index in [1.807, 2.05) is 0 Å². The molecule has 0 aromatic rings. The van der Waals surface area contributed by atoms with Crippen molar-refractivity contribution in [1.82, 2.24) is 5.32 Å². The van der Waals surface area contributed by atoms with Gasteiger partial charge in [-0.1, -0.05) is 6.92 Å². The molecule has 1 unspecified atom stereocenters. The predicted molar refractivity (Wildman–Crippen MR) is 43.0 cm³/mol. The van der Waals surface area contributed by atoms with Gasteiger partial charge < -0.3 is 10.4 Å². The number of nitrogens with one attached hydrogen (secondary N) is 1. The van der Waals surface area contributed by atoms with E-state index in [1.165, 1.54) is 0 Å². The summed E-state index contributed by atoms with van der Waals surface area (Å²) in [6.45, 7) is 3.25. The van der Waals surface area contributed by atoms with Crippen molar-refractivity contribution >= 4 is 12.6 Å². The lowest BCUT2D eigenvalue weighted by atomic mass is 10.3. The van der Waals surface area contributed by atoms with E-state index in [2.05, 4.69) is 24.9 Å². The van der Waals surface area contributed by atoms with Gasteiger partial charge in [-0.2, -0.15) is 12.6 Å². The van der Waals surface area contributed by atoms with E-state index in [9.17, 15) is 0 Å². The van der Waals surface area contributed by atoms with Crippen LogP contribution in [0.1, 0.15) is 13.3 Å². The smallest absolute Gasteiger partial charge is 0.0592 e. The highest BCUT2D eigenvalue weighted by Crippen LogP contribution is 1.85. The molecule has 0 saturated carbocycles. The normalized spacial score (nSPS) is 13.7. The fourth-order valence-electron chi connectivity index (χ4n) is 0.535. The van der Waals surface area contributed by atoms with Crippen molar-refractivity contribution < 1.29 is 5.11 Å². The molecule has 0 radical (unpaired) electrons. The van der Waals surface area contributed by atoms with E-state index < -0.39 is 0 Å². The predicted octanol–water partition coefficient (Wildman–Crippen LogP) is 0.277. The minimum absolute atomic E-state index is 0.174. The van der Waals surface area contributed by atoms with Crippen LogP contribution in [0.2, 0.25) is 0 Å². The highest BCUT2D eigenvalue weighted by molar-refractivity contribution is 7.80. The summed E-state index contributed by atoms with van der Waals surface area (Å²) in [6, 6.07) is 0.174. The monoisotopic (exact) mass is 149 g/mol. The summed E-state index contributed by atoms with van der Waals surface area (Å²) < 4.78 is 0. The van der Waals surface area contributed by atoms with Gasteiger partial charge in [0.15, 0.2) is 0 Å². The molecule has 0 rings (SSSR count). The molecule has 2 nitrogen and oxygen atoms in total. The van der Waals surface area contributed by atoms with Crippen LogP contribution in [-0.2, 0) is 0 Å². The summed E-state index contributed by atoms with van der Waals surface area (Å²) >= 11 is 4.05. The second-order valence-corrected chi connectivity index (χ2v) is 2.38. The fraction of sp³-hybridized carbons (Fsp3) is 1.00. The number of aliphatic hydroxyl groups is 1. The highest BCUT2D eigenvalue weighted by Gasteiger charge is 2.00. The van der Waals surface area contributed by atoms with Gasteiger partial charge in [0.25, 0.3) is 0 Å². The van der Waals surface area contributed by atoms with Crippen LogP contribution in [0.4, 0.5) is 0 Å². The minimum Gasteiger partial charge on any atom is -0.395 e. The van der Waals surface area contributed by atoms with E-state index in [-0.39, 0.29) is 12.6 Å². The molecule has 0 aliphatic heterocycles. The maximum atomic E-state index is 8.64. The van der Waals surface area contributed by atoms with Crippen molar-refractivity contribution in [1.29, 1.82) is 0 Å². The van der Waals surface area contributed by atoms with Crippen LogP contribution in [0, 0.1) is 0 Å². The van der Waals surface area contributed by atoms with Crippen molar-refractivity contribution in [2.24, 2.45) is 0 Å². The standard InChI is InChI=1S/C6H15NOS/c1-2-3-7-6(4-8)5-9/h6-9H,2-5H2,1H3. The van der Waals surface area contributed by atoms with Gasteiger partial charge in [-0.05, 0) is 13.0 Å². The largest absolute Gasteiger partial charge is 0.395 e. The van der Waals surface area contributed by atoms with Crippen LogP contribution >= 0.6 is 12.6 Å². The molecule has 0 aromatic carbocycles. The molecule has 0 aliphatic rings. The number of hydrogen-bond donors (Lipinski definition) is 3. The molecule has 3 heteroatoms. The Labute approximate surface area is 62.1 Å². The quantitative estimate of drug-likeness (QED) is 0.490. The second-order valence-electron chi connectivity index (χ2n) is 2.02. The molecule has 0 fully saturated rings. The Bertz CT molecular complexity index is 57.0. The molecule has 0 heterocycles. The Kier molecular flexibility index (Phi) is 6.58. The van der Waals surface area contributed by atoms with E-state index in [0.717, 1.165) is 13.0 Å². The number of hydrogen-bond acceptors (Lipinski definition) is 3. The molecule has 56 valence electrons. The SMILES string of the molecule is CCCNC(CO)CS. The fourth-order valence-corrected chi connectivity index (χ4v) is 0.780. The Morgan fingerprint density at radius 2 is 2.33 bits per heavy atom. The third kappa shape index (κ3) is 4.75. The average molecular weight is 149 g/mol. The highest BCUT2D eigenvalue weighted by atomic mass is 32.1. The van der Waals surface area contributed by atoms with Gasteiger partial charge in [-0.3, -0.25) is 0 Å². The zero-order chi connectivity index (χ0) is 7.11. The summed E-state index contributed by atoms with van der Waals surface area (Å²) in [4.78, 5) is 0. The Hall–Kier alpha value is 0.270. The molecule has 9 heavy (non-hydrogen) atoms. The topological polar surface area (TPSA) is 32.3 Å². The lowest BCUT2D eigenvalue weighted by Gasteiger charge is -2.11. The van der Waals surface area contributed by atoms with Crippen molar-refractivity contribution in [2.45, 2.75) is 19.4 Å². The summed E-state index contributed by atoms with van der Waals surface area (Å²) in [6.07, 6.45) is 1.10. The Morgan fingerprint density at radius 3 is 2.67 bits per heavy atom. The molecule has 0 aliphatic carbocycles. The van der Waals surface area contributed by atoms with Crippen molar-refractivity contribution in [3.05, 3.63) is 0 Å². The second kappa shape index (κ2) is 6.39. The first-order valence-electron chi connectivity index (χ1n) is 3.30. The van der Waals surface area contributed by atoms with Crippen LogP contribution in [0.25, 0.3) is 0 Å². The number of rotatable bonds is 5. The molecule has 0 bridgehead atoms. The van der Waals surface area contributed by atoms with Gasteiger partial charge in [0.05, 0.1) is 6.61 Å². The molecular weight excluding hydrogens is 134 g/mol. The third-order valence-corrected chi connectivity index (χ3v) is 1.56. The third-order valence-electron chi connectivity index (χ3n) is 1.12. The van der Waals surface area contributed by atoms with Gasteiger partial charge in [0.1, 0.15) is 0 Å². The first-order chi connectivity index (χ1) is 4.35. The molecular formula is C6H15NOS. The van der Waals surface area contributed by atoms with Crippen LogP contribution in [0.3, 0.4) is 0 Å². The maximum absolute atomic E-state index is 8.64. The van der Waals surface area contributed by atoms with Gasteiger partial charge in [0, 0.05) is 11.8 Å². The van der Waals surface area contributed by atoms with Gasteiger partial charge in [-0.15, -0.1) is 0 Å². The van der Waals surface area contributed by atoms with Gasteiger partial charge >= 0.3 is 0 Å². The first-order valence-corrected chi connectivity index (χ1v) is 3.93. The average Bonchev–Trinajstić information content (AvgIpc) is 1.91. The summed E-state index contributed by atoms with van der Waals surface area (Å²) in [5.41, 5.74) is 0. The van der Waals surface area contributed by atoms with E-state index in [0.29, 0.717) is 5.75 Å². The first kappa shape index (κ1) is 9.27. The number of aliphatic hydroxyl groups excluding tert-OH is 1. The maximum Gasteiger partial charge on any atom is 0.0592 e. The molecule has 0 spiro atoms. The van der Waals surface area contributed by atoms with Crippen LogP contribution in [0.15, 0.2) is 0 Å². The lowest BCUT2D eigenvalue weighted by Crippen LogP contribution is -2.34. The zero-order valence-electron chi connectivity index (χ0n) is 5.80. The summed E-state index contributed by atoms with van der Waals surface area (Å²) in [7, 11) is 0. The van der Waals surface area contributed by atoms with Crippen LogP contribution in [0.5, 0.6) is 0 Å². The number of thiol groups is 1. The van der Waals surface area contributed by atoms with Gasteiger partial charge in [-0.25, -0.2) is 0 Å². The zero-order valence-corrected chi connectivity index (χ0v) is 6.69. The summed E-state index contributed by atoms with van der Waals surface area (Å²) in [5.74, 6) is 0.705. The van der Waals surface area contributed by atoms with Crippen molar-refractivity contribution in [3.63, 3.8) is 0 Å². The van der Waals surface area contributed by atoms with Gasteiger partial charge in [0.2, 0.25) is 0 Å². The summed E-state index contributed by atoms with van der Waals surface area (Å²) in [5, 5.41) is 11.8. The van der Waals surface area contributed by atoms with Crippen LogP contribution < -0.4 is 5.32 Å². The Balaban J connectivity index is 3.09. The lowest BCUT2D eigenvalue weighted by molar-refractivity contribution is 0.254. The molecule has 0 amide bonds. The minimum atomic E-state index is 0.174. The molecule has 0 saturated heterocycles. The molecule has 0 aromatic heterocycles. The molecule has 1 atom stereocenters. The van der Waals surface area contributed by atoms with Crippen molar-refractivity contribution in [3.8, 4) is 0 Å².